The number of nitrogens with zero attached hydrogens (tertiary/aromatic N) is 1. The molecule has 0 saturated heterocycles. The van der Waals surface area contributed by atoms with E-state index in [0.717, 1.165) is 16.5 Å². The molecule has 0 aliphatic rings. The lowest BCUT2D eigenvalue weighted by Gasteiger charge is -2.11. The second-order valence-corrected chi connectivity index (χ2v) is 4.66. The second-order valence-electron chi connectivity index (χ2n) is 4.66. The molecule has 0 saturated carbocycles. The van der Waals surface area contributed by atoms with Gasteiger partial charge in [0.25, 0.3) is 0 Å². The van der Waals surface area contributed by atoms with Crippen LogP contribution in [0.3, 0.4) is 0 Å². The first kappa shape index (κ1) is 12.5. The number of fused-ring (bicyclic) bond motifs is 1. The van der Waals surface area contributed by atoms with Crippen LogP contribution in [0.4, 0.5) is 0 Å². The first-order valence-electron chi connectivity index (χ1n) is 6.45. The summed E-state index contributed by atoms with van der Waals surface area (Å²) in [7, 11) is 0. The fourth-order valence-corrected chi connectivity index (χ4v) is 2.21. The van der Waals surface area contributed by atoms with E-state index < -0.39 is 6.04 Å². The lowest BCUT2D eigenvalue weighted by molar-refractivity contribution is 0.0961. The molecule has 20 heavy (non-hydrogen) atoms. The van der Waals surface area contributed by atoms with E-state index in [9.17, 15) is 4.79 Å². The Kier molecular flexibility index (Phi) is 3.27. The summed E-state index contributed by atoms with van der Waals surface area (Å²) in [6.07, 6.45) is 1.72. The van der Waals surface area contributed by atoms with E-state index in [1.54, 1.807) is 18.3 Å². The van der Waals surface area contributed by atoms with E-state index >= 15 is 0 Å². The molecule has 3 nitrogen and oxygen atoms in total. The maximum absolute atomic E-state index is 12.4. The van der Waals surface area contributed by atoms with Gasteiger partial charge in [0.2, 0.25) is 0 Å². The number of hydrogen-bond acceptors (Lipinski definition) is 3. The van der Waals surface area contributed by atoms with Crippen LogP contribution in [0.2, 0.25) is 0 Å². The van der Waals surface area contributed by atoms with Crippen molar-refractivity contribution in [1.29, 1.82) is 0 Å². The Bertz CT molecular complexity index is 753. The fraction of sp³-hybridized carbons (Fsp3) is 0.0588. The van der Waals surface area contributed by atoms with Crippen molar-refractivity contribution < 1.29 is 4.79 Å². The van der Waals surface area contributed by atoms with Crippen LogP contribution in [0.1, 0.15) is 22.0 Å². The van der Waals surface area contributed by atoms with E-state index in [2.05, 4.69) is 4.98 Å². The third kappa shape index (κ3) is 2.31. The van der Waals surface area contributed by atoms with Gasteiger partial charge in [0.1, 0.15) is 0 Å². The Morgan fingerprint density at radius 1 is 1.00 bits per heavy atom. The monoisotopic (exact) mass is 262 g/mol. The zero-order chi connectivity index (χ0) is 13.9. The summed E-state index contributed by atoms with van der Waals surface area (Å²) in [4.78, 5) is 16.7. The molecule has 0 aliphatic heterocycles. The number of pyridine rings is 1. The van der Waals surface area contributed by atoms with Crippen molar-refractivity contribution in [2.45, 2.75) is 6.04 Å². The van der Waals surface area contributed by atoms with Crippen molar-refractivity contribution in [2.24, 2.45) is 5.73 Å². The van der Waals surface area contributed by atoms with Gasteiger partial charge in [-0.15, -0.1) is 0 Å². The molecule has 0 bridgehead atoms. The molecule has 0 fully saturated rings. The molecule has 0 spiro atoms. The number of hydrogen-bond donors (Lipinski definition) is 1. The van der Waals surface area contributed by atoms with Crippen LogP contribution < -0.4 is 5.73 Å². The molecule has 3 aromatic rings. The van der Waals surface area contributed by atoms with Crippen molar-refractivity contribution in [3.05, 3.63) is 78.0 Å². The van der Waals surface area contributed by atoms with Crippen molar-refractivity contribution in [3.63, 3.8) is 0 Å². The SMILES string of the molecule is NC(C(=O)c1ccc2cccnc2c1)c1ccccc1. The normalized spacial score (nSPS) is 12.2. The third-order valence-electron chi connectivity index (χ3n) is 3.33. The van der Waals surface area contributed by atoms with Crippen LogP contribution in [-0.4, -0.2) is 10.8 Å². The summed E-state index contributed by atoms with van der Waals surface area (Å²) in [5.74, 6) is -0.0937. The summed E-state index contributed by atoms with van der Waals surface area (Å²) in [5, 5.41) is 1.01. The molecule has 1 heterocycles. The van der Waals surface area contributed by atoms with E-state index in [0.29, 0.717) is 5.56 Å². The highest BCUT2D eigenvalue weighted by atomic mass is 16.1. The van der Waals surface area contributed by atoms with Gasteiger partial charge in [-0.25, -0.2) is 0 Å². The number of ketones is 1. The Balaban J connectivity index is 1.96. The summed E-state index contributed by atoms with van der Waals surface area (Å²) in [5.41, 5.74) is 8.26. The second kappa shape index (κ2) is 5.23. The zero-order valence-corrected chi connectivity index (χ0v) is 10.9. The summed E-state index contributed by atoms with van der Waals surface area (Å²) in [6.45, 7) is 0. The van der Waals surface area contributed by atoms with E-state index in [-0.39, 0.29) is 5.78 Å². The molecule has 2 N–H and O–H groups in total. The van der Waals surface area contributed by atoms with Gasteiger partial charge in [0, 0.05) is 17.1 Å². The summed E-state index contributed by atoms with van der Waals surface area (Å²) < 4.78 is 0. The molecular weight excluding hydrogens is 248 g/mol. The lowest BCUT2D eigenvalue weighted by Crippen LogP contribution is -2.21. The molecule has 0 aliphatic carbocycles. The molecule has 3 heteroatoms. The van der Waals surface area contributed by atoms with Crippen molar-refractivity contribution in [3.8, 4) is 0 Å². The summed E-state index contributed by atoms with van der Waals surface area (Å²) in [6, 6.07) is 18.1. The van der Waals surface area contributed by atoms with Crippen LogP contribution in [0.5, 0.6) is 0 Å². The predicted octanol–water partition coefficient (Wildman–Crippen LogP) is 3.12. The Morgan fingerprint density at radius 3 is 2.60 bits per heavy atom. The van der Waals surface area contributed by atoms with Gasteiger partial charge < -0.3 is 5.73 Å². The Morgan fingerprint density at radius 2 is 1.80 bits per heavy atom. The van der Waals surface area contributed by atoms with Gasteiger partial charge in [-0.3, -0.25) is 9.78 Å². The maximum atomic E-state index is 12.4. The first-order chi connectivity index (χ1) is 9.75. The topological polar surface area (TPSA) is 56.0 Å². The minimum atomic E-state index is -0.641. The maximum Gasteiger partial charge on any atom is 0.184 e. The highest BCUT2D eigenvalue weighted by Crippen LogP contribution is 2.19. The smallest absolute Gasteiger partial charge is 0.184 e. The fourth-order valence-electron chi connectivity index (χ4n) is 2.21. The molecule has 98 valence electrons. The number of rotatable bonds is 3. The van der Waals surface area contributed by atoms with Crippen LogP contribution in [0.15, 0.2) is 66.9 Å². The molecule has 1 atom stereocenters. The minimum Gasteiger partial charge on any atom is -0.318 e. The molecule has 3 rings (SSSR count). The average molecular weight is 262 g/mol. The largest absolute Gasteiger partial charge is 0.318 e. The summed E-state index contributed by atoms with van der Waals surface area (Å²) >= 11 is 0. The molecule has 0 amide bonds. The zero-order valence-electron chi connectivity index (χ0n) is 10.9. The van der Waals surface area contributed by atoms with Gasteiger partial charge >= 0.3 is 0 Å². The number of carbonyl (C=O) groups excluding carboxylic acids is 1. The predicted molar refractivity (Wildman–Crippen MR) is 79.4 cm³/mol. The lowest BCUT2D eigenvalue weighted by atomic mass is 9.97. The van der Waals surface area contributed by atoms with Gasteiger partial charge in [0.15, 0.2) is 5.78 Å². The molecular formula is C17H14N2O. The van der Waals surface area contributed by atoms with Crippen LogP contribution in [-0.2, 0) is 0 Å². The molecule has 0 radical (unpaired) electrons. The molecule has 2 aromatic carbocycles. The van der Waals surface area contributed by atoms with E-state index in [4.69, 9.17) is 5.73 Å². The van der Waals surface area contributed by atoms with E-state index in [1.165, 1.54) is 0 Å². The van der Waals surface area contributed by atoms with Gasteiger partial charge in [-0.2, -0.15) is 0 Å². The van der Waals surface area contributed by atoms with Gasteiger partial charge in [-0.1, -0.05) is 48.5 Å². The van der Waals surface area contributed by atoms with Crippen LogP contribution >= 0.6 is 0 Å². The number of nitrogens with two attached hydrogens (primary N) is 1. The van der Waals surface area contributed by atoms with Crippen molar-refractivity contribution in [2.75, 3.05) is 0 Å². The standard InChI is InChI=1S/C17H14N2O/c18-16(13-5-2-1-3-6-13)17(20)14-9-8-12-7-4-10-19-15(12)11-14/h1-11,16H,18H2. The minimum absolute atomic E-state index is 0.0937. The number of Topliss-reactive ketones (excluding diaryl/α,β-unsaturated/α-hetero) is 1. The Hall–Kier alpha value is -2.52. The van der Waals surface area contributed by atoms with Crippen LogP contribution in [0.25, 0.3) is 10.9 Å². The first-order valence-corrected chi connectivity index (χ1v) is 6.45. The third-order valence-corrected chi connectivity index (χ3v) is 3.33. The molecule has 1 unspecified atom stereocenters. The van der Waals surface area contributed by atoms with Crippen molar-refractivity contribution >= 4 is 16.7 Å². The average Bonchev–Trinajstić information content (AvgIpc) is 2.54. The Labute approximate surface area is 117 Å². The van der Waals surface area contributed by atoms with Crippen LogP contribution in [0, 0.1) is 0 Å². The molecule has 1 aromatic heterocycles. The quantitative estimate of drug-likeness (QED) is 0.738. The van der Waals surface area contributed by atoms with Crippen molar-refractivity contribution in [1.82, 2.24) is 4.98 Å². The van der Waals surface area contributed by atoms with Gasteiger partial charge in [-0.05, 0) is 17.7 Å². The number of aromatic nitrogens is 1. The number of benzene rings is 2. The highest BCUT2D eigenvalue weighted by Gasteiger charge is 2.17. The van der Waals surface area contributed by atoms with E-state index in [1.807, 2.05) is 48.5 Å². The number of carbonyl (C=O) groups is 1. The van der Waals surface area contributed by atoms with Gasteiger partial charge in [0.05, 0.1) is 11.6 Å². The highest BCUT2D eigenvalue weighted by molar-refractivity contribution is 6.02.